The number of Topliss-reactive ketones (excluding diaryl/α,β-unsaturated/α-hetero) is 1. The molecule has 0 fully saturated rings. The van der Waals surface area contributed by atoms with Gasteiger partial charge in [0.1, 0.15) is 5.69 Å². The second-order valence-corrected chi connectivity index (χ2v) is 4.34. The molecule has 0 aromatic carbocycles. The number of hydrogen-bond donors (Lipinski definition) is 0. The number of fused-ring (bicyclic) bond motifs is 1. The molecule has 0 aliphatic heterocycles. The SMILES string of the molecule is Cn1ncc2c1C(=O)CCC2(C)C. The Morgan fingerprint density at radius 3 is 2.85 bits per heavy atom. The fraction of sp³-hybridized carbons (Fsp3) is 0.600. The van der Waals surface area contributed by atoms with E-state index in [0.29, 0.717) is 6.42 Å². The molecule has 3 nitrogen and oxygen atoms in total. The molecule has 1 aromatic heterocycles. The molecule has 0 saturated carbocycles. The average molecular weight is 178 g/mol. The summed E-state index contributed by atoms with van der Waals surface area (Å²) < 4.78 is 1.69. The maximum Gasteiger partial charge on any atom is 0.181 e. The maximum atomic E-state index is 11.6. The third kappa shape index (κ3) is 1.10. The van der Waals surface area contributed by atoms with E-state index in [1.807, 2.05) is 13.2 Å². The molecule has 1 aromatic rings. The number of aromatic nitrogens is 2. The maximum absolute atomic E-state index is 11.6. The van der Waals surface area contributed by atoms with Gasteiger partial charge in [-0.1, -0.05) is 13.8 Å². The first-order valence-corrected chi connectivity index (χ1v) is 4.58. The number of carbonyl (C=O) groups excluding carboxylic acids is 1. The topological polar surface area (TPSA) is 34.9 Å². The molecular weight excluding hydrogens is 164 g/mol. The Kier molecular flexibility index (Phi) is 1.59. The number of carbonyl (C=O) groups is 1. The van der Waals surface area contributed by atoms with Crippen molar-refractivity contribution in [1.82, 2.24) is 9.78 Å². The monoisotopic (exact) mass is 178 g/mol. The minimum Gasteiger partial charge on any atom is -0.292 e. The zero-order chi connectivity index (χ0) is 9.64. The van der Waals surface area contributed by atoms with Gasteiger partial charge >= 0.3 is 0 Å². The van der Waals surface area contributed by atoms with Crippen LogP contribution in [0.5, 0.6) is 0 Å². The summed E-state index contributed by atoms with van der Waals surface area (Å²) in [4.78, 5) is 11.6. The van der Waals surface area contributed by atoms with Gasteiger partial charge in [-0.3, -0.25) is 9.48 Å². The molecule has 0 bridgehead atoms. The second-order valence-electron chi connectivity index (χ2n) is 4.34. The lowest BCUT2D eigenvalue weighted by Gasteiger charge is -2.28. The summed E-state index contributed by atoms with van der Waals surface area (Å²) in [6.45, 7) is 4.33. The number of hydrogen-bond acceptors (Lipinski definition) is 2. The largest absolute Gasteiger partial charge is 0.292 e. The van der Waals surface area contributed by atoms with Crippen molar-refractivity contribution in [2.24, 2.45) is 7.05 Å². The van der Waals surface area contributed by atoms with E-state index in [1.165, 1.54) is 0 Å². The van der Waals surface area contributed by atoms with Gasteiger partial charge in [0.15, 0.2) is 5.78 Å². The van der Waals surface area contributed by atoms with Gasteiger partial charge in [0.05, 0.1) is 6.20 Å². The summed E-state index contributed by atoms with van der Waals surface area (Å²) in [6.07, 6.45) is 3.41. The lowest BCUT2D eigenvalue weighted by atomic mass is 9.75. The molecule has 1 aliphatic rings. The third-order valence-corrected chi connectivity index (χ3v) is 2.91. The molecule has 0 spiro atoms. The molecule has 0 N–H and O–H groups in total. The summed E-state index contributed by atoms with van der Waals surface area (Å²) >= 11 is 0. The van der Waals surface area contributed by atoms with Gasteiger partial charge in [-0.25, -0.2) is 0 Å². The van der Waals surface area contributed by atoms with E-state index in [-0.39, 0.29) is 11.2 Å². The summed E-state index contributed by atoms with van der Waals surface area (Å²) in [7, 11) is 1.83. The van der Waals surface area contributed by atoms with Crippen molar-refractivity contribution in [2.75, 3.05) is 0 Å². The summed E-state index contributed by atoms with van der Waals surface area (Å²) in [5.41, 5.74) is 2.01. The van der Waals surface area contributed by atoms with E-state index in [0.717, 1.165) is 17.7 Å². The number of rotatable bonds is 0. The van der Waals surface area contributed by atoms with Crippen molar-refractivity contribution in [3.63, 3.8) is 0 Å². The minimum atomic E-state index is 0.109. The van der Waals surface area contributed by atoms with Crippen LogP contribution in [-0.4, -0.2) is 15.6 Å². The van der Waals surface area contributed by atoms with E-state index >= 15 is 0 Å². The molecule has 1 aliphatic carbocycles. The van der Waals surface area contributed by atoms with Crippen molar-refractivity contribution in [2.45, 2.75) is 32.1 Å². The fourth-order valence-corrected chi connectivity index (χ4v) is 1.94. The van der Waals surface area contributed by atoms with Crippen LogP contribution in [0.15, 0.2) is 6.20 Å². The van der Waals surface area contributed by atoms with Crippen molar-refractivity contribution in [1.29, 1.82) is 0 Å². The van der Waals surface area contributed by atoms with E-state index in [9.17, 15) is 4.79 Å². The third-order valence-electron chi connectivity index (χ3n) is 2.91. The highest BCUT2D eigenvalue weighted by molar-refractivity contribution is 5.97. The quantitative estimate of drug-likeness (QED) is 0.605. The lowest BCUT2D eigenvalue weighted by Crippen LogP contribution is -2.27. The Hall–Kier alpha value is -1.12. The van der Waals surface area contributed by atoms with Gasteiger partial charge in [0, 0.05) is 19.0 Å². The van der Waals surface area contributed by atoms with E-state index in [4.69, 9.17) is 0 Å². The molecule has 2 rings (SSSR count). The first kappa shape index (κ1) is 8.48. The normalized spacial score (nSPS) is 20.1. The predicted octanol–water partition coefficient (Wildman–Crippen LogP) is 1.67. The van der Waals surface area contributed by atoms with E-state index < -0.39 is 0 Å². The van der Waals surface area contributed by atoms with Crippen LogP contribution >= 0.6 is 0 Å². The number of nitrogens with zero attached hydrogens (tertiary/aromatic N) is 2. The van der Waals surface area contributed by atoms with Crippen LogP contribution in [0, 0.1) is 0 Å². The smallest absolute Gasteiger partial charge is 0.181 e. The molecule has 0 amide bonds. The summed E-state index contributed by atoms with van der Waals surface area (Å²) in [5.74, 6) is 0.231. The van der Waals surface area contributed by atoms with Crippen LogP contribution in [0.3, 0.4) is 0 Å². The summed E-state index contributed by atoms with van der Waals surface area (Å²) in [6, 6.07) is 0. The first-order chi connectivity index (χ1) is 6.02. The molecule has 0 atom stereocenters. The molecule has 0 unspecified atom stereocenters. The van der Waals surface area contributed by atoms with Crippen LogP contribution in [0.4, 0.5) is 0 Å². The Morgan fingerprint density at radius 1 is 1.54 bits per heavy atom. The lowest BCUT2D eigenvalue weighted by molar-refractivity contribution is 0.0947. The van der Waals surface area contributed by atoms with Gasteiger partial charge in [-0.2, -0.15) is 5.10 Å². The highest BCUT2D eigenvalue weighted by Gasteiger charge is 2.34. The van der Waals surface area contributed by atoms with Crippen molar-refractivity contribution in [3.8, 4) is 0 Å². The van der Waals surface area contributed by atoms with Gasteiger partial charge in [0.25, 0.3) is 0 Å². The van der Waals surface area contributed by atoms with E-state index in [1.54, 1.807) is 4.68 Å². The standard InChI is InChI=1S/C10H14N2O/c1-10(2)5-4-8(13)9-7(10)6-11-12(9)3/h6H,4-5H2,1-3H3. The van der Waals surface area contributed by atoms with Gasteiger partial charge < -0.3 is 0 Å². The van der Waals surface area contributed by atoms with Crippen molar-refractivity contribution in [3.05, 3.63) is 17.5 Å². The zero-order valence-electron chi connectivity index (χ0n) is 8.29. The average Bonchev–Trinajstić information content (AvgIpc) is 2.42. The minimum absolute atomic E-state index is 0.109. The van der Waals surface area contributed by atoms with Crippen LogP contribution in [-0.2, 0) is 12.5 Å². The summed E-state index contributed by atoms with van der Waals surface area (Å²) in [5, 5.41) is 4.14. The van der Waals surface area contributed by atoms with Crippen molar-refractivity contribution < 1.29 is 4.79 Å². The highest BCUT2D eigenvalue weighted by atomic mass is 16.1. The zero-order valence-corrected chi connectivity index (χ0v) is 8.29. The Bertz CT molecular complexity index is 363. The first-order valence-electron chi connectivity index (χ1n) is 4.58. The van der Waals surface area contributed by atoms with E-state index in [2.05, 4.69) is 18.9 Å². The van der Waals surface area contributed by atoms with Crippen LogP contribution < -0.4 is 0 Å². The van der Waals surface area contributed by atoms with Gasteiger partial charge in [-0.15, -0.1) is 0 Å². The van der Waals surface area contributed by atoms with Crippen LogP contribution in [0.2, 0.25) is 0 Å². The molecule has 3 heteroatoms. The second kappa shape index (κ2) is 2.44. The molecule has 0 radical (unpaired) electrons. The van der Waals surface area contributed by atoms with Gasteiger partial charge in [0.2, 0.25) is 0 Å². The van der Waals surface area contributed by atoms with Crippen LogP contribution in [0.1, 0.15) is 42.7 Å². The van der Waals surface area contributed by atoms with Gasteiger partial charge in [-0.05, 0) is 11.8 Å². The Balaban J connectivity index is 2.63. The molecule has 0 saturated heterocycles. The van der Waals surface area contributed by atoms with Crippen molar-refractivity contribution >= 4 is 5.78 Å². The Labute approximate surface area is 77.7 Å². The Morgan fingerprint density at radius 2 is 2.23 bits per heavy atom. The predicted molar refractivity (Wildman–Crippen MR) is 49.8 cm³/mol. The molecule has 13 heavy (non-hydrogen) atoms. The number of aryl methyl sites for hydroxylation is 1. The number of ketones is 1. The van der Waals surface area contributed by atoms with Crippen LogP contribution in [0.25, 0.3) is 0 Å². The highest BCUT2D eigenvalue weighted by Crippen LogP contribution is 2.35. The fourth-order valence-electron chi connectivity index (χ4n) is 1.94. The molecule has 1 heterocycles. The molecular formula is C10H14N2O. The molecule has 70 valence electrons.